The van der Waals surface area contributed by atoms with Crippen LogP contribution in [0.15, 0.2) is 40.3 Å². The van der Waals surface area contributed by atoms with Crippen LogP contribution in [-0.4, -0.2) is 38.8 Å². The van der Waals surface area contributed by atoms with Gasteiger partial charge in [-0.15, -0.1) is 11.3 Å². The SMILES string of the molecule is O=C(NC[C@@H](c1ccco1)[NH+]1CCOCC1)c1cccs1. The van der Waals surface area contributed by atoms with Gasteiger partial charge in [-0.25, -0.2) is 0 Å². The van der Waals surface area contributed by atoms with Crippen molar-refractivity contribution >= 4 is 17.2 Å². The Labute approximate surface area is 127 Å². The Morgan fingerprint density at radius 3 is 2.86 bits per heavy atom. The van der Waals surface area contributed by atoms with E-state index in [0.29, 0.717) is 6.54 Å². The van der Waals surface area contributed by atoms with Crippen LogP contribution in [0.1, 0.15) is 21.5 Å². The van der Waals surface area contributed by atoms with Crippen molar-refractivity contribution in [2.75, 3.05) is 32.8 Å². The number of rotatable bonds is 5. The van der Waals surface area contributed by atoms with Gasteiger partial charge in [0.1, 0.15) is 13.1 Å². The first-order valence-electron chi connectivity index (χ1n) is 7.12. The third-order valence-corrected chi connectivity index (χ3v) is 4.59. The van der Waals surface area contributed by atoms with Crippen LogP contribution in [0.3, 0.4) is 0 Å². The first kappa shape index (κ1) is 14.3. The smallest absolute Gasteiger partial charge is 0.261 e. The Kier molecular flexibility index (Phi) is 4.69. The van der Waals surface area contributed by atoms with Crippen LogP contribution in [0.2, 0.25) is 0 Å². The van der Waals surface area contributed by atoms with Crippen molar-refractivity contribution < 1.29 is 18.8 Å². The Balaban J connectivity index is 1.66. The minimum atomic E-state index is -0.0192. The van der Waals surface area contributed by atoms with Gasteiger partial charge in [0.2, 0.25) is 0 Å². The van der Waals surface area contributed by atoms with E-state index in [-0.39, 0.29) is 11.9 Å². The lowest BCUT2D eigenvalue weighted by Gasteiger charge is -2.30. The fourth-order valence-corrected chi connectivity index (χ4v) is 3.25. The molecule has 0 aromatic carbocycles. The maximum absolute atomic E-state index is 12.1. The zero-order chi connectivity index (χ0) is 14.5. The third kappa shape index (κ3) is 3.53. The first-order valence-corrected chi connectivity index (χ1v) is 8.00. The molecule has 3 heterocycles. The summed E-state index contributed by atoms with van der Waals surface area (Å²) in [5.74, 6) is 0.896. The Morgan fingerprint density at radius 2 is 2.19 bits per heavy atom. The topological polar surface area (TPSA) is 55.9 Å². The summed E-state index contributed by atoms with van der Waals surface area (Å²) in [6.07, 6.45) is 1.68. The molecule has 1 fully saturated rings. The lowest BCUT2D eigenvalue weighted by Crippen LogP contribution is -3.15. The molecule has 1 amide bonds. The number of hydrogen-bond donors (Lipinski definition) is 2. The van der Waals surface area contributed by atoms with E-state index in [1.165, 1.54) is 16.2 Å². The predicted octanol–water partition coefficient (Wildman–Crippen LogP) is 0.727. The average Bonchev–Trinajstić information content (AvgIpc) is 3.22. The predicted molar refractivity (Wildman–Crippen MR) is 79.6 cm³/mol. The summed E-state index contributed by atoms with van der Waals surface area (Å²) in [5, 5.41) is 4.93. The van der Waals surface area contributed by atoms with Gasteiger partial charge in [0.15, 0.2) is 11.8 Å². The molecule has 1 atom stereocenters. The summed E-state index contributed by atoms with van der Waals surface area (Å²) in [6.45, 7) is 3.94. The highest BCUT2D eigenvalue weighted by atomic mass is 32.1. The average molecular weight is 307 g/mol. The molecule has 0 bridgehead atoms. The maximum Gasteiger partial charge on any atom is 0.261 e. The van der Waals surface area contributed by atoms with Crippen molar-refractivity contribution in [3.05, 3.63) is 46.5 Å². The van der Waals surface area contributed by atoms with Crippen LogP contribution >= 0.6 is 11.3 Å². The Hall–Kier alpha value is -1.63. The minimum absolute atomic E-state index is 0.0192. The first-order chi connectivity index (χ1) is 10.3. The fraction of sp³-hybridized carbons (Fsp3) is 0.400. The van der Waals surface area contributed by atoms with Crippen LogP contribution in [-0.2, 0) is 4.74 Å². The number of carbonyl (C=O) groups is 1. The zero-order valence-corrected chi connectivity index (χ0v) is 12.5. The molecular weight excluding hydrogens is 288 g/mol. The molecule has 2 aromatic rings. The number of carbonyl (C=O) groups excluding carboxylic acids is 1. The van der Waals surface area contributed by atoms with Crippen molar-refractivity contribution in [1.29, 1.82) is 0 Å². The van der Waals surface area contributed by atoms with Crippen LogP contribution in [0, 0.1) is 0 Å². The molecule has 1 saturated heterocycles. The van der Waals surface area contributed by atoms with E-state index >= 15 is 0 Å². The van der Waals surface area contributed by atoms with Gasteiger partial charge in [0, 0.05) is 0 Å². The molecule has 0 radical (unpaired) electrons. The number of furan rings is 1. The van der Waals surface area contributed by atoms with Crippen LogP contribution in [0.25, 0.3) is 0 Å². The molecule has 0 saturated carbocycles. The van der Waals surface area contributed by atoms with Gasteiger partial charge in [0.25, 0.3) is 5.91 Å². The monoisotopic (exact) mass is 307 g/mol. The van der Waals surface area contributed by atoms with E-state index < -0.39 is 0 Å². The molecule has 3 rings (SSSR count). The lowest BCUT2D eigenvalue weighted by atomic mass is 10.1. The highest BCUT2D eigenvalue weighted by Crippen LogP contribution is 2.12. The molecule has 5 nitrogen and oxygen atoms in total. The second-order valence-electron chi connectivity index (χ2n) is 5.03. The zero-order valence-electron chi connectivity index (χ0n) is 11.7. The summed E-state index contributed by atoms with van der Waals surface area (Å²) in [7, 11) is 0. The molecular formula is C15H19N2O3S+. The summed E-state index contributed by atoms with van der Waals surface area (Å²) < 4.78 is 11.0. The van der Waals surface area contributed by atoms with Gasteiger partial charge >= 0.3 is 0 Å². The van der Waals surface area contributed by atoms with E-state index in [1.54, 1.807) is 6.26 Å². The van der Waals surface area contributed by atoms with Crippen molar-refractivity contribution in [2.24, 2.45) is 0 Å². The second-order valence-corrected chi connectivity index (χ2v) is 5.97. The highest BCUT2D eigenvalue weighted by molar-refractivity contribution is 7.12. The summed E-state index contributed by atoms with van der Waals surface area (Å²) in [6, 6.07) is 7.72. The minimum Gasteiger partial charge on any atom is -0.463 e. The number of morpholine rings is 1. The molecule has 0 spiro atoms. The molecule has 2 N–H and O–H groups in total. The number of nitrogens with one attached hydrogen (secondary N) is 2. The van der Waals surface area contributed by atoms with Gasteiger partial charge in [-0.3, -0.25) is 4.79 Å². The number of quaternary nitrogens is 1. The van der Waals surface area contributed by atoms with Crippen molar-refractivity contribution in [2.45, 2.75) is 6.04 Å². The normalized spacial score (nSPS) is 17.5. The maximum atomic E-state index is 12.1. The fourth-order valence-electron chi connectivity index (χ4n) is 2.61. The van der Waals surface area contributed by atoms with Gasteiger partial charge in [-0.2, -0.15) is 0 Å². The van der Waals surface area contributed by atoms with E-state index in [0.717, 1.165) is 36.9 Å². The Morgan fingerprint density at radius 1 is 1.33 bits per heavy atom. The molecule has 0 unspecified atom stereocenters. The van der Waals surface area contributed by atoms with Crippen LogP contribution in [0.4, 0.5) is 0 Å². The number of thiophene rings is 1. The molecule has 112 valence electrons. The molecule has 1 aliphatic rings. The standard InChI is InChI=1S/C15H18N2O3S/c18-15(14-4-2-10-21-14)16-11-12(13-3-1-7-20-13)17-5-8-19-9-6-17/h1-4,7,10,12H,5-6,8-9,11H2,(H,16,18)/p+1/t12-/m0/s1. The second kappa shape index (κ2) is 6.89. The van der Waals surface area contributed by atoms with Crippen molar-refractivity contribution in [3.63, 3.8) is 0 Å². The molecule has 6 heteroatoms. The van der Waals surface area contributed by atoms with Crippen LogP contribution in [0.5, 0.6) is 0 Å². The molecule has 1 aliphatic heterocycles. The van der Waals surface area contributed by atoms with Gasteiger partial charge in [-0.05, 0) is 23.6 Å². The van der Waals surface area contributed by atoms with E-state index in [1.807, 2.05) is 29.6 Å². The van der Waals surface area contributed by atoms with Crippen molar-refractivity contribution in [3.8, 4) is 0 Å². The largest absolute Gasteiger partial charge is 0.463 e. The summed E-state index contributed by atoms with van der Waals surface area (Å²) >= 11 is 1.45. The van der Waals surface area contributed by atoms with Gasteiger partial charge in [-0.1, -0.05) is 6.07 Å². The molecule has 2 aromatic heterocycles. The van der Waals surface area contributed by atoms with Crippen molar-refractivity contribution in [1.82, 2.24) is 5.32 Å². The number of hydrogen-bond acceptors (Lipinski definition) is 4. The molecule has 21 heavy (non-hydrogen) atoms. The van der Waals surface area contributed by atoms with E-state index in [2.05, 4.69) is 5.32 Å². The van der Waals surface area contributed by atoms with Crippen LogP contribution < -0.4 is 10.2 Å². The number of ether oxygens (including phenoxy) is 1. The highest BCUT2D eigenvalue weighted by Gasteiger charge is 2.29. The van der Waals surface area contributed by atoms with E-state index in [4.69, 9.17) is 9.15 Å². The Bertz CT molecular complexity index is 548. The summed E-state index contributed by atoms with van der Waals surface area (Å²) in [5.41, 5.74) is 0. The third-order valence-electron chi connectivity index (χ3n) is 3.73. The lowest BCUT2D eigenvalue weighted by molar-refractivity contribution is -0.938. The van der Waals surface area contributed by atoms with Gasteiger partial charge < -0.3 is 19.4 Å². The van der Waals surface area contributed by atoms with Gasteiger partial charge in [0.05, 0.1) is 30.9 Å². The number of amides is 1. The van der Waals surface area contributed by atoms with E-state index in [9.17, 15) is 4.79 Å². The molecule has 0 aliphatic carbocycles. The summed E-state index contributed by atoms with van der Waals surface area (Å²) in [4.78, 5) is 14.2. The quantitative estimate of drug-likeness (QED) is 0.856.